The molecule has 1 fully saturated rings. The van der Waals surface area contributed by atoms with Crippen molar-refractivity contribution in [1.29, 1.82) is 0 Å². The number of sulfone groups is 2. The van der Waals surface area contributed by atoms with Gasteiger partial charge in [-0.25, -0.2) is 21.8 Å². The Morgan fingerprint density at radius 1 is 0.947 bits per heavy atom. The molecule has 38 heavy (non-hydrogen) atoms. The fourth-order valence-electron chi connectivity index (χ4n) is 4.71. The van der Waals surface area contributed by atoms with E-state index in [2.05, 4.69) is 9.88 Å². The number of rotatable bonds is 7. The third-order valence-electron chi connectivity index (χ3n) is 6.60. The summed E-state index contributed by atoms with van der Waals surface area (Å²) in [5.41, 5.74) is 1.13. The Morgan fingerprint density at radius 2 is 1.66 bits per heavy atom. The van der Waals surface area contributed by atoms with Crippen LogP contribution in [0.2, 0.25) is 5.02 Å². The lowest BCUT2D eigenvalue weighted by Crippen LogP contribution is -2.49. The zero-order valence-electron chi connectivity index (χ0n) is 20.7. The van der Waals surface area contributed by atoms with E-state index in [1.54, 1.807) is 47.5 Å². The Morgan fingerprint density at radius 3 is 2.39 bits per heavy atom. The highest BCUT2D eigenvalue weighted by Crippen LogP contribution is 2.24. The van der Waals surface area contributed by atoms with Crippen molar-refractivity contribution < 1.29 is 21.6 Å². The van der Waals surface area contributed by atoms with Gasteiger partial charge in [0, 0.05) is 50.1 Å². The minimum atomic E-state index is -3.63. The maximum absolute atomic E-state index is 12.9. The first-order valence-electron chi connectivity index (χ1n) is 12.1. The highest BCUT2D eigenvalue weighted by atomic mass is 35.5. The van der Waals surface area contributed by atoms with E-state index in [-0.39, 0.29) is 28.7 Å². The van der Waals surface area contributed by atoms with Gasteiger partial charge >= 0.3 is 0 Å². The molecule has 0 atom stereocenters. The minimum absolute atomic E-state index is 0.0903. The van der Waals surface area contributed by atoms with Crippen LogP contribution in [0, 0.1) is 0 Å². The number of hydrogen-bond donors (Lipinski definition) is 0. The standard InChI is InChI=1S/C26H27ClN4O5S2/c1-37(33,34)18-22-17-31-24(28-22)3-2-4-25(31)29-10-12-30(13-11-29)26(32)9-14-38(35,36)23-8-6-19-15-21(27)7-5-20(19)16-23/h2-8,15-17H,9-14,18H2,1H3. The van der Waals surface area contributed by atoms with Crippen LogP contribution < -0.4 is 4.90 Å². The average Bonchev–Trinajstić information content (AvgIpc) is 3.28. The number of fused-ring (bicyclic) bond motifs is 2. The van der Waals surface area contributed by atoms with Crippen LogP contribution in [0.4, 0.5) is 5.82 Å². The van der Waals surface area contributed by atoms with E-state index in [1.807, 2.05) is 22.6 Å². The predicted molar refractivity (Wildman–Crippen MR) is 148 cm³/mol. The molecule has 12 heteroatoms. The van der Waals surface area contributed by atoms with E-state index in [0.717, 1.165) is 16.6 Å². The summed E-state index contributed by atoms with van der Waals surface area (Å²) >= 11 is 6.01. The first-order chi connectivity index (χ1) is 18.0. The Bertz CT molecular complexity index is 1740. The molecule has 0 saturated carbocycles. The van der Waals surface area contributed by atoms with Crippen LogP contribution in [0.1, 0.15) is 12.1 Å². The summed E-state index contributed by atoms with van der Waals surface area (Å²) in [7, 11) is -6.83. The van der Waals surface area contributed by atoms with Gasteiger partial charge in [-0.05, 0) is 47.2 Å². The van der Waals surface area contributed by atoms with Crippen LogP contribution >= 0.6 is 11.6 Å². The van der Waals surface area contributed by atoms with Crippen LogP contribution in [-0.2, 0) is 30.2 Å². The van der Waals surface area contributed by atoms with Gasteiger partial charge in [0.05, 0.1) is 22.1 Å². The molecule has 3 heterocycles. The van der Waals surface area contributed by atoms with Crippen molar-refractivity contribution in [1.82, 2.24) is 14.3 Å². The molecule has 4 aromatic rings. The molecular weight excluding hydrogens is 548 g/mol. The van der Waals surface area contributed by atoms with Gasteiger partial charge in [-0.15, -0.1) is 0 Å². The summed E-state index contributed by atoms with van der Waals surface area (Å²) in [4.78, 5) is 21.3. The molecule has 200 valence electrons. The first kappa shape index (κ1) is 26.5. The van der Waals surface area contributed by atoms with Gasteiger partial charge in [-0.3, -0.25) is 9.20 Å². The number of imidazole rings is 1. The van der Waals surface area contributed by atoms with Crippen LogP contribution in [-0.4, -0.2) is 75.2 Å². The van der Waals surface area contributed by atoms with Gasteiger partial charge in [0.2, 0.25) is 5.91 Å². The lowest BCUT2D eigenvalue weighted by Gasteiger charge is -2.36. The highest BCUT2D eigenvalue weighted by Gasteiger charge is 2.25. The number of amides is 1. The number of benzene rings is 2. The predicted octanol–water partition coefficient (Wildman–Crippen LogP) is 3.20. The molecule has 0 aliphatic carbocycles. The number of halogens is 1. The normalized spacial score (nSPS) is 14.9. The number of anilines is 1. The maximum atomic E-state index is 12.9. The molecular formula is C26H27ClN4O5S2. The molecule has 5 rings (SSSR count). The maximum Gasteiger partial charge on any atom is 0.223 e. The fourth-order valence-corrected chi connectivity index (χ4v) is 6.83. The van der Waals surface area contributed by atoms with Gasteiger partial charge in [0.1, 0.15) is 11.5 Å². The number of hydrogen-bond acceptors (Lipinski definition) is 7. The van der Waals surface area contributed by atoms with Gasteiger partial charge in [0.15, 0.2) is 19.7 Å². The van der Waals surface area contributed by atoms with Crippen molar-refractivity contribution in [3.05, 3.63) is 71.5 Å². The van der Waals surface area contributed by atoms with E-state index >= 15 is 0 Å². The summed E-state index contributed by atoms with van der Waals surface area (Å²) < 4.78 is 51.1. The number of nitrogens with zero attached hydrogens (tertiary/aromatic N) is 4. The van der Waals surface area contributed by atoms with E-state index in [9.17, 15) is 21.6 Å². The second-order valence-electron chi connectivity index (χ2n) is 9.50. The van der Waals surface area contributed by atoms with Gasteiger partial charge in [-0.1, -0.05) is 29.8 Å². The van der Waals surface area contributed by atoms with Gasteiger partial charge in [0.25, 0.3) is 0 Å². The summed E-state index contributed by atoms with van der Waals surface area (Å²) in [5.74, 6) is 0.272. The summed E-state index contributed by atoms with van der Waals surface area (Å²) in [6.45, 7) is 2.03. The lowest BCUT2D eigenvalue weighted by atomic mass is 10.1. The van der Waals surface area contributed by atoms with E-state index < -0.39 is 19.7 Å². The van der Waals surface area contributed by atoms with Crippen LogP contribution in [0.5, 0.6) is 0 Å². The number of aromatic nitrogens is 2. The molecule has 0 bridgehead atoms. The van der Waals surface area contributed by atoms with Crippen molar-refractivity contribution in [2.45, 2.75) is 17.1 Å². The third kappa shape index (κ3) is 5.79. The topological polar surface area (TPSA) is 109 Å². The number of carbonyl (C=O) groups is 1. The number of pyridine rings is 1. The van der Waals surface area contributed by atoms with Gasteiger partial charge in [-0.2, -0.15) is 0 Å². The van der Waals surface area contributed by atoms with Crippen molar-refractivity contribution in [3.63, 3.8) is 0 Å². The monoisotopic (exact) mass is 574 g/mol. The van der Waals surface area contributed by atoms with E-state index in [4.69, 9.17) is 11.6 Å². The van der Waals surface area contributed by atoms with Crippen molar-refractivity contribution >= 4 is 59.4 Å². The SMILES string of the molecule is CS(=O)(=O)Cc1cn2c(N3CCN(C(=O)CCS(=O)(=O)c4ccc5cc(Cl)ccc5c4)CC3)cccc2n1. The van der Waals surface area contributed by atoms with Crippen LogP contribution in [0.25, 0.3) is 16.4 Å². The van der Waals surface area contributed by atoms with Gasteiger partial charge < -0.3 is 9.80 Å². The molecule has 1 aliphatic rings. The second kappa shape index (κ2) is 10.2. The smallest absolute Gasteiger partial charge is 0.223 e. The zero-order chi connectivity index (χ0) is 27.1. The Labute approximate surface area is 226 Å². The quantitative estimate of drug-likeness (QED) is 0.333. The van der Waals surface area contributed by atoms with Crippen molar-refractivity contribution in [2.75, 3.05) is 43.1 Å². The zero-order valence-corrected chi connectivity index (χ0v) is 23.1. The largest absolute Gasteiger partial charge is 0.354 e. The van der Waals surface area contributed by atoms with Crippen molar-refractivity contribution in [3.8, 4) is 0 Å². The summed E-state index contributed by atoms with van der Waals surface area (Å²) in [6.07, 6.45) is 2.82. The molecule has 0 N–H and O–H groups in total. The molecule has 1 amide bonds. The lowest BCUT2D eigenvalue weighted by molar-refractivity contribution is -0.131. The number of piperazine rings is 1. The summed E-state index contributed by atoms with van der Waals surface area (Å²) in [6, 6.07) is 15.8. The molecule has 9 nitrogen and oxygen atoms in total. The van der Waals surface area contributed by atoms with E-state index in [0.29, 0.717) is 42.5 Å². The Hall–Kier alpha value is -3.15. The number of carbonyl (C=O) groups excluding carboxylic acids is 1. The third-order valence-corrected chi connectivity index (χ3v) is 9.37. The molecule has 0 spiro atoms. The van der Waals surface area contributed by atoms with Crippen LogP contribution in [0.3, 0.4) is 0 Å². The second-order valence-corrected chi connectivity index (χ2v) is 14.2. The molecule has 2 aromatic carbocycles. The van der Waals surface area contributed by atoms with Crippen molar-refractivity contribution in [2.24, 2.45) is 0 Å². The molecule has 2 aromatic heterocycles. The molecule has 1 aliphatic heterocycles. The molecule has 0 unspecified atom stereocenters. The Kier molecular flexibility index (Phi) is 7.10. The first-order valence-corrected chi connectivity index (χ1v) is 16.2. The Balaban J connectivity index is 1.21. The molecule has 0 radical (unpaired) electrons. The fraction of sp³-hybridized carbons (Fsp3) is 0.308. The molecule has 1 saturated heterocycles. The summed E-state index contributed by atoms with van der Waals surface area (Å²) in [5, 5.41) is 2.20. The van der Waals surface area contributed by atoms with E-state index in [1.165, 1.54) is 6.26 Å². The minimum Gasteiger partial charge on any atom is -0.354 e. The highest BCUT2D eigenvalue weighted by molar-refractivity contribution is 7.91. The van der Waals surface area contributed by atoms with Crippen LogP contribution in [0.15, 0.2) is 65.7 Å². The average molecular weight is 575 g/mol.